The second-order valence-corrected chi connectivity index (χ2v) is 5.89. The fourth-order valence-corrected chi connectivity index (χ4v) is 2.82. The summed E-state index contributed by atoms with van der Waals surface area (Å²) in [5.41, 5.74) is 2.88. The second-order valence-electron chi connectivity index (χ2n) is 5.89. The average Bonchev–Trinajstić information content (AvgIpc) is 2.67. The number of aromatic hydroxyl groups is 1. The van der Waals surface area contributed by atoms with Crippen LogP contribution in [0.5, 0.6) is 17.2 Å². The molecule has 5 heteroatoms. The summed E-state index contributed by atoms with van der Waals surface area (Å²) in [5.74, 6) is 1.70. The molecule has 0 amide bonds. The number of hydrogen-bond donors (Lipinski definition) is 1. The zero-order valence-corrected chi connectivity index (χ0v) is 16.0. The maximum absolute atomic E-state index is 10.2. The molecule has 0 spiro atoms. The second kappa shape index (κ2) is 9.70. The van der Waals surface area contributed by atoms with Gasteiger partial charge in [0.1, 0.15) is 5.75 Å². The Hall–Kier alpha value is -2.69. The molecule has 0 aromatic heterocycles. The van der Waals surface area contributed by atoms with E-state index >= 15 is 0 Å². The Morgan fingerprint density at radius 2 is 1.73 bits per heavy atom. The molecule has 1 N–H and O–H groups in total. The van der Waals surface area contributed by atoms with Crippen molar-refractivity contribution >= 4 is 11.9 Å². The summed E-state index contributed by atoms with van der Waals surface area (Å²) in [6, 6.07) is 11.6. The van der Waals surface area contributed by atoms with E-state index in [0.717, 1.165) is 47.8 Å². The minimum Gasteiger partial charge on any atom is -0.507 e. The van der Waals surface area contributed by atoms with Crippen LogP contribution in [0.2, 0.25) is 0 Å². The first-order valence-electron chi connectivity index (χ1n) is 8.91. The molecule has 0 aliphatic heterocycles. The molecule has 0 fully saturated rings. The number of rotatable bonds is 9. The van der Waals surface area contributed by atoms with Crippen molar-refractivity contribution in [2.45, 2.75) is 20.3 Å². The first-order chi connectivity index (χ1) is 12.6. The summed E-state index contributed by atoms with van der Waals surface area (Å²) in [4.78, 5) is 6.63. The Kier molecular flexibility index (Phi) is 7.33. The van der Waals surface area contributed by atoms with Gasteiger partial charge in [0, 0.05) is 43.2 Å². The van der Waals surface area contributed by atoms with E-state index in [2.05, 4.69) is 23.7 Å². The molecule has 2 aromatic rings. The van der Waals surface area contributed by atoms with Crippen LogP contribution in [0.4, 0.5) is 5.69 Å². The predicted octanol–water partition coefficient (Wildman–Crippen LogP) is 3.92. The highest BCUT2D eigenvalue weighted by Gasteiger charge is 2.06. The van der Waals surface area contributed by atoms with Crippen LogP contribution in [0.3, 0.4) is 0 Å². The maximum atomic E-state index is 10.2. The third-order valence-electron chi connectivity index (χ3n) is 4.35. The predicted molar refractivity (Wildman–Crippen MR) is 107 cm³/mol. The standard InChI is InChI=1S/C21H28N2O3/c1-5-23(6-2)18-9-8-17(19(24)14-18)15-22-12-11-16-7-10-20(25-3)21(13-16)26-4/h7-10,13-15,24H,5-6,11-12H2,1-4H3. The first kappa shape index (κ1) is 19.6. The number of phenols is 1. The topological polar surface area (TPSA) is 54.3 Å². The summed E-state index contributed by atoms with van der Waals surface area (Å²) in [6.07, 6.45) is 2.51. The van der Waals surface area contributed by atoms with Gasteiger partial charge in [0.15, 0.2) is 11.5 Å². The van der Waals surface area contributed by atoms with Crippen LogP contribution in [-0.2, 0) is 6.42 Å². The molecule has 0 unspecified atom stereocenters. The van der Waals surface area contributed by atoms with Gasteiger partial charge in [0.25, 0.3) is 0 Å². The molecule has 0 aliphatic carbocycles. The van der Waals surface area contributed by atoms with E-state index in [0.29, 0.717) is 6.54 Å². The van der Waals surface area contributed by atoms with Crippen LogP contribution in [0.25, 0.3) is 0 Å². The summed E-state index contributed by atoms with van der Waals surface area (Å²) in [7, 11) is 3.25. The van der Waals surface area contributed by atoms with E-state index < -0.39 is 0 Å². The summed E-state index contributed by atoms with van der Waals surface area (Å²) >= 11 is 0. The van der Waals surface area contributed by atoms with Gasteiger partial charge in [-0.15, -0.1) is 0 Å². The molecule has 0 saturated heterocycles. The Morgan fingerprint density at radius 1 is 1.00 bits per heavy atom. The van der Waals surface area contributed by atoms with E-state index in [4.69, 9.17) is 9.47 Å². The van der Waals surface area contributed by atoms with Gasteiger partial charge < -0.3 is 19.5 Å². The zero-order valence-electron chi connectivity index (χ0n) is 16.0. The molecular weight excluding hydrogens is 328 g/mol. The van der Waals surface area contributed by atoms with Crippen molar-refractivity contribution in [3.05, 3.63) is 47.5 Å². The number of hydrogen-bond acceptors (Lipinski definition) is 5. The largest absolute Gasteiger partial charge is 0.507 e. The molecule has 0 radical (unpaired) electrons. The lowest BCUT2D eigenvalue weighted by atomic mass is 10.1. The molecule has 2 aromatic carbocycles. The Balaban J connectivity index is 1.98. The Morgan fingerprint density at radius 3 is 2.35 bits per heavy atom. The number of anilines is 1. The Labute approximate surface area is 155 Å². The van der Waals surface area contributed by atoms with Crippen LogP contribution >= 0.6 is 0 Å². The summed E-state index contributed by atoms with van der Waals surface area (Å²) < 4.78 is 10.6. The highest BCUT2D eigenvalue weighted by atomic mass is 16.5. The monoisotopic (exact) mass is 356 g/mol. The normalized spacial score (nSPS) is 10.9. The molecule has 0 aliphatic rings. The van der Waals surface area contributed by atoms with Gasteiger partial charge >= 0.3 is 0 Å². The number of phenolic OH excluding ortho intramolecular Hbond substituents is 1. The molecule has 0 saturated carbocycles. The van der Waals surface area contributed by atoms with Crippen molar-refractivity contribution in [1.29, 1.82) is 0 Å². The minimum atomic E-state index is 0.254. The van der Waals surface area contributed by atoms with Crippen LogP contribution < -0.4 is 14.4 Å². The maximum Gasteiger partial charge on any atom is 0.160 e. The van der Waals surface area contributed by atoms with E-state index in [9.17, 15) is 5.11 Å². The van der Waals surface area contributed by atoms with E-state index in [1.54, 1.807) is 26.5 Å². The molecule has 0 bridgehead atoms. The van der Waals surface area contributed by atoms with Crippen LogP contribution in [-0.4, -0.2) is 45.2 Å². The van der Waals surface area contributed by atoms with Crippen LogP contribution in [0.1, 0.15) is 25.0 Å². The lowest BCUT2D eigenvalue weighted by Crippen LogP contribution is -2.21. The third-order valence-corrected chi connectivity index (χ3v) is 4.35. The van der Waals surface area contributed by atoms with Gasteiger partial charge in [-0.1, -0.05) is 6.07 Å². The first-order valence-corrected chi connectivity index (χ1v) is 8.91. The summed E-state index contributed by atoms with van der Waals surface area (Å²) in [5, 5.41) is 10.2. The van der Waals surface area contributed by atoms with Crippen LogP contribution in [0.15, 0.2) is 41.4 Å². The molecule has 5 nitrogen and oxygen atoms in total. The number of aliphatic imine (C=N–C) groups is 1. The fraction of sp³-hybridized carbons (Fsp3) is 0.381. The van der Waals surface area contributed by atoms with Crippen molar-refractivity contribution in [3.63, 3.8) is 0 Å². The number of ether oxygens (including phenoxy) is 2. The van der Waals surface area contributed by atoms with Crippen molar-refractivity contribution in [1.82, 2.24) is 0 Å². The summed E-state index contributed by atoms with van der Waals surface area (Å²) in [6.45, 7) is 6.66. The van der Waals surface area contributed by atoms with Gasteiger partial charge in [-0.3, -0.25) is 4.99 Å². The Bertz CT molecular complexity index is 740. The SMILES string of the molecule is CCN(CC)c1ccc(C=NCCc2ccc(OC)c(OC)c2)c(O)c1. The van der Waals surface area contributed by atoms with Crippen molar-refractivity contribution in [3.8, 4) is 17.2 Å². The van der Waals surface area contributed by atoms with Crippen molar-refractivity contribution < 1.29 is 14.6 Å². The van der Waals surface area contributed by atoms with Crippen molar-refractivity contribution in [2.75, 3.05) is 38.8 Å². The number of methoxy groups -OCH3 is 2. The van der Waals surface area contributed by atoms with E-state index in [1.807, 2.05) is 30.3 Å². The fourth-order valence-electron chi connectivity index (χ4n) is 2.82. The van der Waals surface area contributed by atoms with Gasteiger partial charge in [-0.2, -0.15) is 0 Å². The lowest BCUT2D eigenvalue weighted by molar-refractivity contribution is 0.354. The van der Waals surface area contributed by atoms with E-state index in [-0.39, 0.29) is 5.75 Å². The highest BCUT2D eigenvalue weighted by molar-refractivity contribution is 5.84. The highest BCUT2D eigenvalue weighted by Crippen LogP contribution is 2.27. The molecule has 0 heterocycles. The lowest BCUT2D eigenvalue weighted by Gasteiger charge is -2.21. The number of nitrogens with zero attached hydrogens (tertiary/aromatic N) is 2. The molecule has 0 atom stereocenters. The average molecular weight is 356 g/mol. The van der Waals surface area contributed by atoms with Gasteiger partial charge in [0.05, 0.1) is 14.2 Å². The smallest absolute Gasteiger partial charge is 0.160 e. The molecule has 26 heavy (non-hydrogen) atoms. The number of benzene rings is 2. The van der Waals surface area contributed by atoms with Crippen molar-refractivity contribution in [2.24, 2.45) is 4.99 Å². The minimum absolute atomic E-state index is 0.254. The quantitative estimate of drug-likeness (QED) is 0.692. The van der Waals surface area contributed by atoms with Gasteiger partial charge in [0.2, 0.25) is 0 Å². The molecule has 2 rings (SSSR count). The molecular formula is C21H28N2O3. The van der Waals surface area contributed by atoms with E-state index in [1.165, 1.54) is 0 Å². The zero-order chi connectivity index (χ0) is 18.9. The van der Waals surface area contributed by atoms with Gasteiger partial charge in [-0.25, -0.2) is 0 Å². The molecule has 140 valence electrons. The third kappa shape index (κ3) is 4.91. The van der Waals surface area contributed by atoms with Crippen LogP contribution in [0, 0.1) is 0 Å². The van der Waals surface area contributed by atoms with Gasteiger partial charge in [-0.05, 0) is 50.1 Å².